The Labute approximate surface area is 107 Å². The van der Waals surface area contributed by atoms with E-state index < -0.39 is 11.6 Å². The minimum Gasteiger partial charge on any atom is -0.463 e. The van der Waals surface area contributed by atoms with Crippen molar-refractivity contribution < 1.29 is 19.1 Å². The van der Waals surface area contributed by atoms with Crippen LogP contribution in [0.5, 0.6) is 0 Å². The highest BCUT2D eigenvalue weighted by atomic mass is 16.5. The number of methoxy groups -OCH3 is 1. The van der Waals surface area contributed by atoms with Gasteiger partial charge in [0.05, 0.1) is 7.11 Å². The summed E-state index contributed by atoms with van der Waals surface area (Å²) in [4.78, 5) is 11.3. The van der Waals surface area contributed by atoms with Gasteiger partial charge in [-0.05, 0) is 43.7 Å². The lowest BCUT2D eigenvalue weighted by atomic mass is 9.77. The fourth-order valence-corrected chi connectivity index (χ4v) is 2.61. The quantitative estimate of drug-likeness (QED) is 0.840. The third-order valence-corrected chi connectivity index (χ3v) is 3.96. The summed E-state index contributed by atoms with van der Waals surface area (Å²) in [5.41, 5.74) is -0.919. The summed E-state index contributed by atoms with van der Waals surface area (Å²) in [5.74, 6) is 0.823. The molecule has 1 fully saturated rings. The van der Waals surface area contributed by atoms with Crippen molar-refractivity contribution >= 4 is 5.97 Å². The van der Waals surface area contributed by atoms with E-state index in [-0.39, 0.29) is 5.76 Å². The van der Waals surface area contributed by atoms with Gasteiger partial charge in [0, 0.05) is 0 Å². The number of rotatable bonds is 3. The summed E-state index contributed by atoms with van der Waals surface area (Å²) in [6.45, 7) is 2.18. The monoisotopic (exact) mass is 252 g/mol. The Morgan fingerprint density at radius 2 is 2.17 bits per heavy atom. The van der Waals surface area contributed by atoms with E-state index in [9.17, 15) is 9.90 Å². The van der Waals surface area contributed by atoms with Gasteiger partial charge in [0.1, 0.15) is 11.4 Å². The fourth-order valence-electron chi connectivity index (χ4n) is 2.61. The maximum absolute atomic E-state index is 11.3. The molecule has 0 aliphatic heterocycles. The first-order chi connectivity index (χ1) is 8.59. The zero-order valence-corrected chi connectivity index (χ0v) is 10.9. The van der Waals surface area contributed by atoms with Crippen molar-refractivity contribution in [3.63, 3.8) is 0 Å². The van der Waals surface area contributed by atoms with Crippen molar-refractivity contribution in [3.05, 3.63) is 23.7 Å². The zero-order valence-electron chi connectivity index (χ0n) is 10.9. The molecule has 0 saturated heterocycles. The van der Waals surface area contributed by atoms with Crippen molar-refractivity contribution in [2.75, 3.05) is 7.11 Å². The van der Waals surface area contributed by atoms with Crippen LogP contribution < -0.4 is 0 Å². The van der Waals surface area contributed by atoms with Crippen molar-refractivity contribution in [1.82, 2.24) is 0 Å². The Bertz CT molecular complexity index is 413. The first-order valence-electron chi connectivity index (χ1n) is 6.50. The van der Waals surface area contributed by atoms with Gasteiger partial charge >= 0.3 is 5.97 Å². The molecular weight excluding hydrogens is 232 g/mol. The maximum Gasteiger partial charge on any atom is 0.373 e. The van der Waals surface area contributed by atoms with Gasteiger partial charge in [-0.15, -0.1) is 0 Å². The van der Waals surface area contributed by atoms with Crippen LogP contribution in [0.1, 0.15) is 55.3 Å². The molecule has 1 N–H and O–H groups in total. The molecule has 0 atom stereocenters. The van der Waals surface area contributed by atoms with Gasteiger partial charge in [-0.2, -0.15) is 0 Å². The molecule has 1 aliphatic rings. The predicted molar refractivity (Wildman–Crippen MR) is 66.2 cm³/mol. The summed E-state index contributed by atoms with van der Waals surface area (Å²) in [7, 11) is 1.31. The second kappa shape index (κ2) is 5.14. The van der Waals surface area contributed by atoms with Crippen molar-refractivity contribution in [2.45, 2.75) is 44.6 Å². The molecule has 100 valence electrons. The van der Waals surface area contributed by atoms with Crippen LogP contribution in [-0.4, -0.2) is 18.2 Å². The minimum absolute atomic E-state index is 0.151. The lowest BCUT2D eigenvalue weighted by molar-refractivity contribution is -0.0331. The number of furan rings is 1. The number of aliphatic hydroxyl groups is 1. The van der Waals surface area contributed by atoms with Gasteiger partial charge in [0.25, 0.3) is 0 Å². The van der Waals surface area contributed by atoms with Gasteiger partial charge in [-0.3, -0.25) is 0 Å². The summed E-state index contributed by atoms with van der Waals surface area (Å²) >= 11 is 0. The fraction of sp³-hybridized carbons (Fsp3) is 0.643. The number of carbonyl (C=O) groups is 1. The second-order valence-electron chi connectivity index (χ2n) is 5.04. The van der Waals surface area contributed by atoms with Crippen molar-refractivity contribution in [3.8, 4) is 0 Å². The Balaban J connectivity index is 2.11. The van der Waals surface area contributed by atoms with E-state index in [4.69, 9.17) is 4.42 Å². The standard InChI is InChI=1S/C14H20O4/c1-3-10-6-8-14(16,9-7-10)12-5-4-11(18-12)13(15)17-2/h4-5,10,16H,3,6-9H2,1-2H3. The lowest BCUT2D eigenvalue weighted by Gasteiger charge is -2.34. The molecule has 2 rings (SSSR count). The van der Waals surface area contributed by atoms with E-state index in [2.05, 4.69) is 11.7 Å². The average Bonchev–Trinajstić information content (AvgIpc) is 2.89. The highest BCUT2D eigenvalue weighted by Gasteiger charge is 2.37. The van der Waals surface area contributed by atoms with E-state index >= 15 is 0 Å². The summed E-state index contributed by atoms with van der Waals surface area (Å²) < 4.78 is 10.0. The molecule has 1 saturated carbocycles. The molecule has 1 aromatic heterocycles. The van der Waals surface area contributed by atoms with E-state index in [0.29, 0.717) is 24.5 Å². The Kier molecular flexibility index (Phi) is 3.76. The largest absolute Gasteiger partial charge is 0.463 e. The van der Waals surface area contributed by atoms with Gasteiger partial charge in [0.2, 0.25) is 5.76 Å². The van der Waals surface area contributed by atoms with Crippen LogP contribution >= 0.6 is 0 Å². The average molecular weight is 252 g/mol. The van der Waals surface area contributed by atoms with E-state index in [1.54, 1.807) is 12.1 Å². The summed E-state index contributed by atoms with van der Waals surface area (Å²) in [5, 5.41) is 10.6. The molecule has 1 aliphatic carbocycles. The number of ether oxygens (including phenoxy) is 1. The molecule has 0 radical (unpaired) electrons. The summed E-state index contributed by atoms with van der Waals surface area (Å²) in [6, 6.07) is 3.24. The Morgan fingerprint density at radius 3 is 2.72 bits per heavy atom. The number of carbonyl (C=O) groups excluding carboxylic acids is 1. The molecule has 4 nitrogen and oxygen atoms in total. The number of esters is 1. The molecule has 0 unspecified atom stereocenters. The number of hydrogen-bond acceptors (Lipinski definition) is 4. The highest BCUT2D eigenvalue weighted by Crippen LogP contribution is 2.40. The van der Waals surface area contributed by atoms with E-state index in [0.717, 1.165) is 19.3 Å². The third-order valence-electron chi connectivity index (χ3n) is 3.96. The van der Waals surface area contributed by atoms with Gasteiger partial charge in [-0.25, -0.2) is 4.79 Å². The second-order valence-corrected chi connectivity index (χ2v) is 5.04. The smallest absolute Gasteiger partial charge is 0.373 e. The SMILES string of the molecule is CCC1CCC(O)(c2ccc(C(=O)OC)o2)CC1. The first-order valence-corrected chi connectivity index (χ1v) is 6.50. The minimum atomic E-state index is -0.919. The molecule has 0 spiro atoms. The van der Waals surface area contributed by atoms with E-state index in [1.165, 1.54) is 7.11 Å². The van der Waals surface area contributed by atoms with Crippen LogP contribution in [0.25, 0.3) is 0 Å². The van der Waals surface area contributed by atoms with Crippen LogP contribution in [0.3, 0.4) is 0 Å². The normalized spacial score (nSPS) is 28.1. The van der Waals surface area contributed by atoms with E-state index in [1.807, 2.05) is 0 Å². The summed E-state index contributed by atoms with van der Waals surface area (Å²) in [6.07, 6.45) is 4.55. The molecule has 1 heterocycles. The highest BCUT2D eigenvalue weighted by molar-refractivity contribution is 5.86. The van der Waals surface area contributed by atoms with Crippen molar-refractivity contribution in [1.29, 1.82) is 0 Å². The van der Waals surface area contributed by atoms with Crippen LogP contribution in [0.4, 0.5) is 0 Å². The molecule has 0 bridgehead atoms. The first kappa shape index (κ1) is 13.1. The number of hydrogen-bond donors (Lipinski definition) is 1. The van der Waals surface area contributed by atoms with Crippen molar-refractivity contribution in [2.24, 2.45) is 5.92 Å². The molecule has 1 aromatic rings. The van der Waals surface area contributed by atoms with Gasteiger partial charge in [-0.1, -0.05) is 13.3 Å². The van der Waals surface area contributed by atoms with Gasteiger partial charge in [0.15, 0.2) is 0 Å². The maximum atomic E-state index is 11.3. The lowest BCUT2D eigenvalue weighted by Crippen LogP contribution is -2.30. The molecule has 18 heavy (non-hydrogen) atoms. The Hall–Kier alpha value is -1.29. The molecular formula is C14H20O4. The van der Waals surface area contributed by atoms with Crippen LogP contribution in [0, 0.1) is 5.92 Å². The van der Waals surface area contributed by atoms with Crippen LogP contribution in [0.2, 0.25) is 0 Å². The predicted octanol–water partition coefficient (Wildman–Crippen LogP) is 2.85. The zero-order chi connectivity index (χ0) is 13.2. The molecule has 0 amide bonds. The Morgan fingerprint density at radius 1 is 1.50 bits per heavy atom. The van der Waals surface area contributed by atoms with Crippen LogP contribution in [0.15, 0.2) is 16.5 Å². The molecule has 0 aromatic carbocycles. The molecule has 4 heteroatoms. The van der Waals surface area contributed by atoms with Gasteiger partial charge < -0.3 is 14.3 Å². The topological polar surface area (TPSA) is 59.7 Å². The van der Waals surface area contributed by atoms with Crippen LogP contribution in [-0.2, 0) is 10.3 Å². The third kappa shape index (κ3) is 2.43.